The molecule has 0 bridgehead atoms. The van der Waals surface area contributed by atoms with Gasteiger partial charge in [0.1, 0.15) is 5.82 Å². The van der Waals surface area contributed by atoms with Gasteiger partial charge in [-0.2, -0.15) is 0 Å². The Kier molecular flexibility index (Phi) is 6.85. The molecule has 3 N–H and O–H groups in total. The van der Waals surface area contributed by atoms with Crippen LogP contribution >= 0.6 is 23.2 Å². The van der Waals surface area contributed by atoms with Gasteiger partial charge in [-0.3, -0.25) is 15.6 Å². The number of amides is 1. The van der Waals surface area contributed by atoms with Crippen LogP contribution in [-0.2, 0) is 0 Å². The van der Waals surface area contributed by atoms with E-state index < -0.39 is 5.97 Å². The van der Waals surface area contributed by atoms with E-state index in [2.05, 4.69) is 15.4 Å². The smallest absolute Gasteiger partial charge is 0.335 e. The lowest BCUT2D eigenvalue weighted by molar-refractivity contribution is 0.0696. The fourth-order valence-corrected chi connectivity index (χ4v) is 5.22. The predicted octanol–water partition coefficient (Wildman–Crippen LogP) is 6.97. The van der Waals surface area contributed by atoms with E-state index in [0.717, 1.165) is 42.6 Å². The second-order valence-corrected chi connectivity index (χ2v) is 9.67. The number of carboxylic acid groups (broad SMARTS) is 1. The minimum absolute atomic E-state index is 0.209. The predicted molar refractivity (Wildman–Crippen MR) is 142 cm³/mol. The van der Waals surface area contributed by atoms with E-state index in [-0.39, 0.29) is 11.5 Å². The van der Waals surface area contributed by atoms with Gasteiger partial charge in [0.15, 0.2) is 0 Å². The Morgan fingerprint density at radius 1 is 0.917 bits per heavy atom. The van der Waals surface area contributed by atoms with Crippen molar-refractivity contribution in [1.29, 1.82) is 0 Å². The van der Waals surface area contributed by atoms with Gasteiger partial charge in [-0.1, -0.05) is 60.7 Å². The van der Waals surface area contributed by atoms with Gasteiger partial charge in [-0.25, -0.2) is 9.78 Å². The lowest BCUT2D eigenvalue weighted by Gasteiger charge is -2.25. The molecule has 7 nitrogen and oxygen atoms in total. The maximum absolute atomic E-state index is 12.7. The molecule has 0 unspecified atom stereocenters. The Labute approximate surface area is 218 Å². The lowest BCUT2D eigenvalue weighted by Crippen LogP contribution is -2.29. The van der Waals surface area contributed by atoms with Gasteiger partial charge < -0.3 is 9.67 Å². The van der Waals surface area contributed by atoms with Gasteiger partial charge in [0.05, 0.1) is 32.3 Å². The lowest BCUT2D eigenvalue weighted by atomic mass is 9.94. The van der Waals surface area contributed by atoms with Crippen molar-refractivity contribution in [3.63, 3.8) is 0 Å². The van der Waals surface area contributed by atoms with Crippen LogP contribution < -0.4 is 10.9 Å². The van der Waals surface area contributed by atoms with E-state index >= 15 is 0 Å². The molecule has 1 fully saturated rings. The Hall–Kier alpha value is -3.55. The van der Waals surface area contributed by atoms with E-state index in [1.165, 1.54) is 6.42 Å². The number of carbonyl (C=O) groups is 2. The van der Waals surface area contributed by atoms with Crippen molar-refractivity contribution in [3.05, 3.63) is 81.8 Å². The van der Waals surface area contributed by atoms with Gasteiger partial charge >= 0.3 is 5.97 Å². The van der Waals surface area contributed by atoms with Crippen molar-refractivity contribution < 1.29 is 14.7 Å². The van der Waals surface area contributed by atoms with Crippen molar-refractivity contribution in [2.75, 3.05) is 5.43 Å². The molecular weight excluding hydrogens is 499 g/mol. The summed E-state index contributed by atoms with van der Waals surface area (Å²) in [5.41, 5.74) is 8.91. The number of hydrazine groups is 1. The summed E-state index contributed by atoms with van der Waals surface area (Å²) < 4.78 is 2.23. The molecule has 5 rings (SSSR count). The van der Waals surface area contributed by atoms with E-state index in [1.54, 1.807) is 42.5 Å². The number of para-hydroxylation sites is 1. The SMILES string of the molecule is O=C(O)c1ccc2c(c1)nc(-c1ccc(C(=O)NNc3c(Cl)cccc3Cl)cc1)n2C1CCCCC1. The zero-order valence-electron chi connectivity index (χ0n) is 19.3. The first-order valence-electron chi connectivity index (χ1n) is 11.8. The third-order valence-corrected chi connectivity index (χ3v) is 7.18. The van der Waals surface area contributed by atoms with Gasteiger partial charge in [-0.05, 0) is 55.3 Å². The number of halogens is 2. The number of nitrogens with zero attached hydrogens (tertiary/aromatic N) is 2. The topological polar surface area (TPSA) is 96.2 Å². The van der Waals surface area contributed by atoms with Crippen LogP contribution in [0.1, 0.15) is 58.9 Å². The summed E-state index contributed by atoms with van der Waals surface area (Å²) in [4.78, 5) is 29.0. The van der Waals surface area contributed by atoms with Crippen molar-refractivity contribution in [3.8, 4) is 11.4 Å². The van der Waals surface area contributed by atoms with Gasteiger partial charge in [-0.15, -0.1) is 0 Å². The van der Waals surface area contributed by atoms with Crippen molar-refractivity contribution in [2.45, 2.75) is 38.1 Å². The second-order valence-electron chi connectivity index (χ2n) is 8.86. The zero-order chi connectivity index (χ0) is 25.2. The molecule has 0 aliphatic heterocycles. The molecular formula is C27H24Cl2N4O3. The molecule has 0 radical (unpaired) electrons. The van der Waals surface area contributed by atoms with Crippen LogP contribution in [-0.4, -0.2) is 26.5 Å². The van der Waals surface area contributed by atoms with Gasteiger partial charge in [0.2, 0.25) is 0 Å². The molecule has 184 valence electrons. The summed E-state index contributed by atoms with van der Waals surface area (Å²) in [6, 6.07) is 17.6. The van der Waals surface area contributed by atoms with E-state index in [9.17, 15) is 14.7 Å². The maximum Gasteiger partial charge on any atom is 0.335 e. The summed E-state index contributed by atoms with van der Waals surface area (Å²) in [5, 5.41) is 10.2. The number of fused-ring (bicyclic) bond motifs is 1. The maximum atomic E-state index is 12.7. The standard InChI is InChI=1S/C27H24Cl2N4O3/c28-20-7-4-8-21(29)24(20)31-32-26(34)17-11-9-16(10-12-17)25-30-22-15-18(27(35)36)13-14-23(22)33(25)19-5-2-1-3-6-19/h4,7-15,19,31H,1-3,5-6H2,(H,32,34)(H,35,36). The Bertz CT molecular complexity index is 1420. The number of benzene rings is 3. The third-order valence-electron chi connectivity index (χ3n) is 6.55. The molecule has 36 heavy (non-hydrogen) atoms. The van der Waals surface area contributed by atoms with E-state index in [4.69, 9.17) is 28.2 Å². The number of hydrogen-bond donors (Lipinski definition) is 3. The number of aromatic carboxylic acids is 1. The molecule has 1 heterocycles. The molecule has 0 spiro atoms. The normalized spacial score (nSPS) is 14.1. The summed E-state index contributed by atoms with van der Waals surface area (Å²) in [6.45, 7) is 0. The van der Waals surface area contributed by atoms with Crippen molar-refractivity contribution in [1.82, 2.24) is 15.0 Å². The molecule has 1 aliphatic rings. The number of hydrogen-bond acceptors (Lipinski definition) is 4. The molecule has 9 heteroatoms. The Morgan fingerprint density at radius 3 is 2.25 bits per heavy atom. The molecule has 1 amide bonds. The van der Waals surface area contributed by atoms with E-state index in [0.29, 0.717) is 32.9 Å². The molecule has 1 aliphatic carbocycles. The highest BCUT2D eigenvalue weighted by Gasteiger charge is 2.23. The third kappa shape index (κ3) is 4.76. The Morgan fingerprint density at radius 2 is 1.58 bits per heavy atom. The van der Waals surface area contributed by atoms with Gasteiger partial charge in [0, 0.05) is 17.2 Å². The number of carboxylic acids is 1. The molecule has 0 atom stereocenters. The number of carbonyl (C=O) groups excluding carboxylic acids is 1. The molecule has 1 aromatic heterocycles. The largest absolute Gasteiger partial charge is 0.478 e. The number of anilines is 1. The molecule has 1 saturated carbocycles. The highest BCUT2D eigenvalue weighted by Crippen LogP contribution is 2.36. The fourth-order valence-electron chi connectivity index (χ4n) is 4.72. The first-order chi connectivity index (χ1) is 17.4. The number of nitrogens with one attached hydrogen (secondary N) is 2. The first kappa shape index (κ1) is 24.2. The molecule has 0 saturated heterocycles. The fraction of sp³-hybridized carbons (Fsp3) is 0.222. The number of rotatable bonds is 6. The quantitative estimate of drug-likeness (QED) is 0.237. The minimum atomic E-state index is -0.979. The van der Waals surface area contributed by atoms with Gasteiger partial charge in [0.25, 0.3) is 5.91 Å². The highest BCUT2D eigenvalue weighted by molar-refractivity contribution is 6.39. The van der Waals surface area contributed by atoms with E-state index in [1.807, 2.05) is 18.2 Å². The molecule has 4 aromatic rings. The van der Waals surface area contributed by atoms with Crippen LogP contribution in [0.2, 0.25) is 10.0 Å². The average Bonchev–Trinajstić information content (AvgIpc) is 3.27. The zero-order valence-corrected chi connectivity index (χ0v) is 20.8. The van der Waals surface area contributed by atoms with Crippen LogP contribution in [0.25, 0.3) is 22.4 Å². The van der Waals surface area contributed by atoms with Crippen LogP contribution in [0.15, 0.2) is 60.7 Å². The summed E-state index contributed by atoms with van der Waals surface area (Å²) in [5.74, 6) is -0.551. The second kappa shape index (κ2) is 10.2. The number of imidazole rings is 1. The van der Waals surface area contributed by atoms with Crippen molar-refractivity contribution >= 4 is 51.8 Å². The number of aromatic nitrogens is 2. The summed E-state index contributed by atoms with van der Waals surface area (Å²) >= 11 is 12.3. The molecule has 3 aromatic carbocycles. The highest BCUT2D eigenvalue weighted by atomic mass is 35.5. The van der Waals surface area contributed by atoms with Crippen LogP contribution in [0.4, 0.5) is 5.69 Å². The monoisotopic (exact) mass is 522 g/mol. The minimum Gasteiger partial charge on any atom is -0.478 e. The van der Waals surface area contributed by atoms with Crippen LogP contribution in [0.3, 0.4) is 0 Å². The van der Waals surface area contributed by atoms with Crippen molar-refractivity contribution in [2.24, 2.45) is 0 Å². The average molecular weight is 523 g/mol. The van der Waals surface area contributed by atoms with Crippen LogP contribution in [0.5, 0.6) is 0 Å². The summed E-state index contributed by atoms with van der Waals surface area (Å²) in [7, 11) is 0. The van der Waals surface area contributed by atoms with Crippen LogP contribution in [0, 0.1) is 0 Å². The first-order valence-corrected chi connectivity index (χ1v) is 12.5. The summed E-state index contributed by atoms with van der Waals surface area (Å²) in [6.07, 6.45) is 5.63. The Balaban J connectivity index is 1.44.